The van der Waals surface area contributed by atoms with Crippen LogP contribution in [0.3, 0.4) is 0 Å². The van der Waals surface area contributed by atoms with Gasteiger partial charge < -0.3 is 5.73 Å². The molecule has 2 rings (SSSR count). The molecule has 2 aromatic rings. The summed E-state index contributed by atoms with van der Waals surface area (Å²) in [6, 6.07) is 8.40. The van der Waals surface area contributed by atoms with Crippen molar-refractivity contribution in [2.45, 2.75) is 13.5 Å². The van der Waals surface area contributed by atoms with Crippen LogP contribution in [0.4, 0.5) is 0 Å². The van der Waals surface area contributed by atoms with Gasteiger partial charge in [-0.05, 0) is 12.5 Å². The molecule has 0 bridgehead atoms. The average molecular weight is 201 g/mol. The molecule has 0 aliphatic heterocycles. The van der Waals surface area contributed by atoms with Gasteiger partial charge in [-0.2, -0.15) is 5.10 Å². The highest BCUT2D eigenvalue weighted by Gasteiger charge is 2.00. The Labute approximate surface area is 89.5 Å². The van der Waals surface area contributed by atoms with E-state index < -0.39 is 0 Å². The second kappa shape index (κ2) is 4.28. The van der Waals surface area contributed by atoms with Gasteiger partial charge in [0.05, 0.1) is 12.7 Å². The van der Waals surface area contributed by atoms with Crippen molar-refractivity contribution in [3.8, 4) is 11.1 Å². The third-order valence-corrected chi connectivity index (χ3v) is 2.34. The van der Waals surface area contributed by atoms with Gasteiger partial charge in [-0.15, -0.1) is 0 Å². The van der Waals surface area contributed by atoms with E-state index in [4.69, 9.17) is 5.73 Å². The van der Waals surface area contributed by atoms with E-state index in [9.17, 15) is 0 Å². The van der Waals surface area contributed by atoms with Gasteiger partial charge >= 0.3 is 0 Å². The molecule has 0 unspecified atom stereocenters. The van der Waals surface area contributed by atoms with E-state index in [-0.39, 0.29) is 0 Å². The summed E-state index contributed by atoms with van der Waals surface area (Å²) < 4.78 is 1.87. The van der Waals surface area contributed by atoms with Crippen LogP contribution in [0.15, 0.2) is 36.7 Å². The van der Waals surface area contributed by atoms with Gasteiger partial charge in [-0.3, -0.25) is 4.68 Å². The Morgan fingerprint density at radius 2 is 2.20 bits per heavy atom. The third-order valence-electron chi connectivity index (χ3n) is 2.34. The molecule has 0 radical (unpaired) electrons. The van der Waals surface area contributed by atoms with Crippen molar-refractivity contribution in [1.82, 2.24) is 9.78 Å². The zero-order chi connectivity index (χ0) is 10.7. The zero-order valence-electron chi connectivity index (χ0n) is 8.85. The Bertz CT molecular complexity index is 446. The van der Waals surface area contributed by atoms with Gasteiger partial charge in [0.1, 0.15) is 0 Å². The van der Waals surface area contributed by atoms with Gasteiger partial charge in [0, 0.05) is 18.3 Å². The van der Waals surface area contributed by atoms with Crippen molar-refractivity contribution in [2.24, 2.45) is 5.73 Å². The van der Waals surface area contributed by atoms with Crippen molar-refractivity contribution in [3.05, 3.63) is 42.2 Å². The number of aromatic nitrogens is 2. The summed E-state index contributed by atoms with van der Waals surface area (Å²) in [5.41, 5.74) is 9.09. The minimum Gasteiger partial charge on any atom is -0.329 e. The van der Waals surface area contributed by atoms with Crippen LogP contribution in [0.2, 0.25) is 0 Å². The van der Waals surface area contributed by atoms with E-state index >= 15 is 0 Å². The fraction of sp³-hybridized carbons (Fsp3) is 0.250. The smallest absolute Gasteiger partial charge is 0.0568 e. The van der Waals surface area contributed by atoms with Crippen LogP contribution in [0.5, 0.6) is 0 Å². The van der Waals surface area contributed by atoms with Gasteiger partial charge in [0.25, 0.3) is 0 Å². The predicted octanol–water partition coefficient (Wildman–Crippen LogP) is 1.82. The zero-order valence-corrected chi connectivity index (χ0v) is 8.85. The Morgan fingerprint density at radius 3 is 2.93 bits per heavy atom. The van der Waals surface area contributed by atoms with E-state index in [2.05, 4.69) is 36.3 Å². The molecule has 0 saturated heterocycles. The molecule has 0 fully saturated rings. The van der Waals surface area contributed by atoms with Crippen LogP contribution in [0.25, 0.3) is 11.1 Å². The molecule has 1 aromatic carbocycles. The fourth-order valence-electron chi connectivity index (χ4n) is 1.59. The van der Waals surface area contributed by atoms with Crippen LogP contribution < -0.4 is 5.73 Å². The van der Waals surface area contributed by atoms with Crippen LogP contribution >= 0.6 is 0 Å². The van der Waals surface area contributed by atoms with Crippen molar-refractivity contribution < 1.29 is 0 Å². The van der Waals surface area contributed by atoms with Crippen LogP contribution in [-0.2, 0) is 6.54 Å². The van der Waals surface area contributed by atoms with E-state index in [1.807, 2.05) is 17.1 Å². The number of nitrogens with zero attached hydrogens (tertiary/aromatic N) is 2. The molecule has 0 aliphatic carbocycles. The molecular formula is C12H15N3. The summed E-state index contributed by atoms with van der Waals surface area (Å²) in [4.78, 5) is 0. The van der Waals surface area contributed by atoms with Crippen LogP contribution in [0.1, 0.15) is 5.56 Å². The Hall–Kier alpha value is -1.61. The molecule has 0 aliphatic rings. The van der Waals surface area contributed by atoms with Gasteiger partial charge in [0.15, 0.2) is 0 Å². The van der Waals surface area contributed by atoms with E-state index in [0.29, 0.717) is 6.54 Å². The van der Waals surface area contributed by atoms with Gasteiger partial charge in [-0.25, -0.2) is 0 Å². The summed E-state index contributed by atoms with van der Waals surface area (Å²) in [6.07, 6.45) is 3.91. The monoisotopic (exact) mass is 201 g/mol. The molecular weight excluding hydrogens is 186 g/mol. The van der Waals surface area contributed by atoms with Crippen molar-refractivity contribution in [2.75, 3.05) is 6.54 Å². The number of hydrogen-bond acceptors (Lipinski definition) is 2. The predicted molar refractivity (Wildman–Crippen MR) is 61.5 cm³/mol. The molecule has 0 spiro atoms. The largest absolute Gasteiger partial charge is 0.329 e. The summed E-state index contributed by atoms with van der Waals surface area (Å²) in [6.45, 7) is 3.48. The highest BCUT2D eigenvalue weighted by molar-refractivity contribution is 5.62. The lowest BCUT2D eigenvalue weighted by Gasteiger charge is -1.98. The third kappa shape index (κ3) is 2.25. The Morgan fingerprint density at radius 1 is 1.33 bits per heavy atom. The first-order valence-electron chi connectivity index (χ1n) is 5.09. The topological polar surface area (TPSA) is 43.8 Å². The lowest BCUT2D eigenvalue weighted by atomic mass is 10.1. The molecule has 15 heavy (non-hydrogen) atoms. The second-order valence-corrected chi connectivity index (χ2v) is 3.65. The van der Waals surface area contributed by atoms with E-state index in [1.54, 1.807) is 0 Å². The summed E-state index contributed by atoms with van der Waals surface area (Å²) >= 11 is 0. The van der Waals surface area contributed by atoms with Crippen molar-refractivity contribution in [1.29, 1.82) is 0 Å². The quantitative estimate of drug-likeness (QED) is 0.823. The lowest BCUT2D eigenvalue weighted by Crippen LogP contribution is -2.09. The summed E-state index contributed by atoms with van der Waals surface area (Å²) in [5, 5.41) is 4.25. The molecule has 3 heteroatoms. The molecule has 0 amide bonds. The van der Waals surface area contributed by atoms with Crippen LogP contribution in [0, 0.1) is 6.92 Å². The minimum absolute atomic E-state index is 0.620. The first-order chi connectivity index (χ1) is 7.29. The van der Waals surface area contributed by atoms with Gasteiger partial charge in [-0.1, -0.05) is 29.8 Å². The van der Waals surface area contributed by atoms with Crippen molar-refractivity contribution in [3.63, 3.8) is 0 Å². The minimum atomic E-state index is 0.620. The maximum atomic E-state index is 5.47. The molecule has 1 heterocycles. The second-order valence-electron chi connectivity index (χ2n) is 3.65. The molecule has 2 N–H and O–H groups in total. The summed E-state index contributed by atoms with van der Waals surface area (Å²) in [5.74, 6) is 0. The highest BCUT2D eigenvalue weighted by atomic mass is 15.3. The van der Waals surface area contributed by atoms with E-state index in [0.717, 1.165) is 12.1 Å². The number of nitrogens with two attached hydrogens (primary N) is 1. The fourth-order valence-corrected chi connectivity index (χ4v) is 1.59. The normalized spacial score (nSPS) is 10.5. The Balaban J connectivity index is 2.29. The first-order valence-corrected chi connectivity index (χ1v) is 5.09. The molecule has 1 aromatic heterocycles. The number of hydrogen-bond donors (Lipinski definition) is 1. The summed E-state index contributed by atoms with van der Waals surface area (Å²) in [7, 11) is 0. The lowest BCUT2D eigenvalue weighted by molar-refractivity contribution is 0.625. The number of rotatable bonds is 3. The maximum absolute atomic E-state index is 5.47. The Kier molecular flexibility index (Phi) is 2.83. The maximum Gasteiger partial charge on any atom is 0.0568 e. The molecule has 3 nitrogen and oxygen atoms in total. The van der Waals surface area contributed by atoms with E-state index in [1.165, 1.54) is 11.1 Å². The standard InChI is InChI=1S/C12H15N3/c1-10-3-2-4-11(7-10)12-8-14-15(9-12)6-5-13/h2-4,7-9H,5-6,13H2,1H3. The number of aryl methyl sites for hydroxylation is 1. The molecule has 0 saturated carbocycles. The van der Waals surface area contributed by atoms with Crippen molar-refractivity contribution >= 4 is 0 Å². The SMILES string of the molecule is Cc1cccc(-c2cnn(CCN)c2)c1. The molecule has 0 atom stereocenters. The average Bonchev–Trinajstić information content (AvgIpc) is 2.67. The highest BCUT2D eigenvalue weighted by Crippen LogP contribution is 2.19. The van der Waals surface area contributed by atoms with Gasteiger partial charge in [0.2, 0.25) is 0 Å². The van der Waals surface area contributed by atoms with Crippen LogP contribution in [-0.4, -0.2) is 16.3 Å². The number of benzene rings is 1. The molecule has 78 valence electrons. The first kappa shape index (κ1) is 9.93.